The van der Waals surface area contributed by atoms with Gasteiger partial charge >= 0.3 is 0 Å². The maximum absolute atomic E-state index is 11.4. The lowest BCUT2D eigenvalue weighted by atomic mass is 10.1. The largest absolute Gasteiger partial charge is 0.327 e. The van der Waals surface area contributed by atoms with E-state index in [2.05, 4.69) is 35.0 Å². The fraction of sp³-hybridized carbons (Fsp3) is 0.562. The van der Waals surface area contributed by atoms with Crippen LogP contribution in [0.5, 0.6) is 0 Å². The molecule has 114 valence electrons. The molecule has 4 nitrogen and oxygen atoms in total. The molecule has 2 aromatic rings. The predicted octanol–water partition coefficient (Wildman–Crippen LogP) is 2.45. The molecule has 1 aromatic carbocycles. The number of nitrogens with zero attached hydrogens (tertiary/aromatic N) is 2. The average Bonchev–Trinajstić information content (AvgIpc) is 2.85. The SMILES string of the molecule is CCCn1c(CNC2CCS(=O)CC2)nc2ccccc21. The highest BCUT2D eigenvalue weighted by Gasteiger charge is 2.18. The van der Waals surface area contributed by atoms with Gasteiger partial charge in [0.2, 0.25) is 0 Å². The molecule has 0 atom stereocenters. The molecular formula is C16H23N3OS. The van der Waals surface area contributed by atoms with Crippen LogP contribution in [0.25, 0.3) is 11.0 Å². The maximum atomic E-state index is 11.4. The molecule has 1 N–H and O–H groups in total. The Bertz CT molecular complexity index is 627. The highest BCUT2D eigenvalue weighted by atomic mass is 32.2. The lowest BCUT2D eigenvalue weighted by Gasteiger charge is -2.22. The summed E-state index contributed by atoms with van der Waals surface area (Å²) >= 11 is 0. The molecule has 0 unspecified atom stereocenters. The zero-order valence-electron chi connectivity index (χ0n) is 12.5. The van der Waals surface area contributed by atoms with Crippen LogP contribution >= 0.6 is 0 Å². The van der Waals surface area contributed by atoms with Gasteiger partial charge in [0.15, 0.2) is 0 Å². The van der Waals surface area contributed by atoms with Crippen molar-refractivity contribution in [2.45, 2.75) is 45.3 Å². The average molecular weight is 305 g/mol. The Kier molecular flexibility index (Phi) is 4.70. The Balaban J connectivity index is 1.73. The summed E-state index contributed by atoms with van der Waals surface area (Å²) in [4.78, 5) is 4.77. The van der Waals surface area contributed by atoms with Crippen LogP contribution in [-0.4, -0.2) is 31.3 Å². The van der Waals surface area contributed by atoms with E-state index in [0.29, 0.717) is 6.04 Å². The number of imidazole rings is 1. The van der Waals surface area contributed by atoms with Crippen molar-refractivity contribution in [3.8, 4) is 0 Å². The lowest BCUT2D eigenvalue weighted by molar-refractivity contribution is 0.460. The van der Waals surface area contributed by atoms with Crippen LogP contribution < -0.4 is 5.32 Å². The molecule has 1 aliphatic heterocycles. The Morgan fingerprint density at radius 2 is 2.10 bits per heavy atom. The van der Waals surface area contributed by atoms with E-state index in [1.165, 1.54) is 5.52 Å². The third-order valence-electron chi connectivity index (χ3n) is 4.12. The van der Waals surface area contributed by atoms with Crippen molar-refractivity contribution < 1.29 is 4.21 Å². The Morgan fingerprint density at radius 3 is 2.86 bits per heavy atom. The smallest absolute Gasteiger partial charge is 0.123 e. The van der Waals surface area contributed by atoms with Crippen molar-refractivity contribution in [3.05, 3.63) is 30.1 Å². The minimum Gasteiger partial charge on any atom is -0.327 e. The van der Waals surface area contributed by atoms with E-state index < -0.39 is 10.8 Å². The molecule has 1 aromatic heterocycles. The first-order chi connectivity index (χ1) is 10.3. The molecule has 0 saturated carbocycles. The normalized spacial score (nSPS) is 22.7. The Hall–Kier alpha value is -1.20. The van der Waals surface area contributed by atoms with E-state index >= 15 is 0 Å². The van der Waals surface area contributed by atoms with E-state index in [1.807, 2.05) is 6.07 Å². The molecule has 0 amide bonds. The summed E-state index contributed by atoms with van der Waals surface area (Å²) in [6.45, 7) is 4.00. The van der Waals surface area contributed by atoms with Gasteiger partial charge in [-0.25, -0.2) is 4.98 Å². The minimum atomic E-state index is -0.590. The van der Waals surface area contributed by atoms with Gasteiger partial charge in [-0.15, -0.1) is 0 Å². The highest BCUT2D eigenvalue weighted by Crippen LogP contribution is 2.17. The van der Waals surface area contributed by atoms with Crippen molar-refractivity contribution in [2.75, 3.05) is 11.5 Å². The van der Waals surface area contributed by atoms with E-state index in [-0.39, 0.29) is 0 Å². The molecule has 0 spiro atoms. The zero-order chi connectivity index (χ0) is 14.7. The number of hydrogen-bond donors (Lipinski definition) is 1. The predicted molar refractivity (Wildman–Crippen MR) is 87.8 cm³/mol. The number of benzene rings is 1. The molecule has 0 radical (unpaired) electrons. The molecule has 1 fully saturated rings. The second-order valence-electron chi connectivity index (χ2n) is 5.67. The van der Waals surface area contributed by atoms with Crippen molar-refractivity contribution >= 4 is 21.8 Å². The van der Waals surface area contributed by atoms with E-state index in [4.69, 9.17) is 4.98 Å². The first kappa shape index (κ1) is 14.7. The molecule has 0 aliphatic carbocycles. The third-order valence-corrected chi connectivity index (χ3v) is 5.50. The monoisotopic (exact) mass is 305 g/mol. The first-order valence-corrected chi connectivity index (χ1v) is 9.29. The second-order valence-corrected chi connectivity index (χ2v) is 7.37. The maximum Gasteiger partial charge on any atom is 0.123 e. The summed E-state index contributed by atoms with van der Waals surface area (Å²) in [7, 11) is -0.590. The van der Waals surface area contributed by atoms with E-state index in [1.54, 1.807) is 0 Å². The van der Waals surface area contributed by atoms with Crippen LogP contribution in [-0.2, 0) is 23.9 Å². The number of nitrogens with one attached hydrogen (secondary N) is 1. The molecule has 1 saturated heterocycles. The number of aromatic nitrogens is 2. The number of rotatable bonds is 5. The van der Waals surface area contributed by atoms with Crippen LogP contribution in [0.3, 0.4) is 0 Å². The van der Waals surface area contributed by atoms with Crippen molar-refractivity contribution in [1.29, 1.82) is 0 Å². The molecule has 1 aliphatic rings. The fourth-order valence-electron chi connectivity index (χ4n) is 2.97. The van der Waals surface area contributed by atoms with Gasteiger partial charge in [0.05, 0.1) is 17.6 Å². The van der Waals surface area contributed by atoms with Gasteiger partial charge < -0.3 is 9.88 Å². The van der Waals surface area contributed by atoms with Gasteiger partial charge in [-0.1, -0.05) is 19.1 Å². The van der Waals surface area contributed by atoms with E-state index in [9.17, 15) is 4.21 Å². The van der Waals surface area contributed by atoms with Gasteiger partial charge in [0, 0.05) is 34.9 Å². The van der Waals surface area contributed by atoms with Crippen LogP contribution in [0.2, 0.25) is 0 Å². The van der Waals surface area contributed by atoms with Crippen molar-refractivity contribution in [3.63, 3.8) is 0 Å². The third kappa shape index (κ3) is 3.35. The summed E-state index contributed by atoms with van der Waals surface area (Å²) in [6.07, 6.45) is 3.14. The Labute approximate surface area is 128 Å². The topological polar surface area (TPSA) is 46.9 Å². The summed E-state index contributed by atoms with van der Waals surface area (Å²) in [5.41, 5.74) is 2.30. The molecule has 0 bridgehead atoms. The van der Waals surface area contributed by atoms with Crippen LogP contribution in [0.1, 0.15) is 32.0 Å². The summed E-state index contributed by atoms with van der Waals surface area (Å²) in [5, 5.41) is 3.60. The highest BCUT2D eigenvalue weighted by molar-refractivity contribution is 7.85. The molecule has 3 rings (SSSR count). The summed E-state index contributed by atoms with van der Waals surface area (Å²) in [5.74, 6) is 2.79. The molecule has 2 heterocycles. The molecule has 21 heavy (non-hydrogen) atoms. The van der Waals surface area contributed by atoms with Gasteiger partial charge in [0.1, 0.15) is 5.82 Å². The van der Waals surface area contributed by atoms with Crippen LogP contribution in [0.4, 0.5) is 0 Å². The van der Waals surface area contributed by atoms with Crippen LogP contribution in [0, 0.1) is 0 Å². The first-order valence-electron chi connectivity index (χ1n) is 7.80. The standard InChI is InChI=1S/C16H23N3OS/c1-2-9-19-15-6-4-3-5-14(15)18-16(19)12-17-13-7-10-21(20)11-8-13/h3-6,13,17H,2,7-12H2,1H3. The van der Waals surface area contributed by atoms with Gasteiger partial charge in [-0.2, -0.15) is 0 Å². The van der Waals surface area contributed by atoms with Crippen LogP contribution in [0.15, 0.2) is 24.3 Å². The molecular weight excluding hydrogens is 282 g/mol. The van der Waals surface area contributed by atoms with Crippen molar-refractivity contribution in [2.24, 2.45) is 0 Å². The van der Waals surface area contributed by atoms with Gasteiger partial charge in [-0.05, 0) is 31.4 Å². The summed E-state index contributed by atoms with van der Waals surface area (Å²) in [6, 6.07) is 8.82. The Morgan fingerprint density at radius 1 is 1.33 bits per heavy atom. The number of aryl methyl sites for hydroxylation is 1. The van der Waals surface area contributed by atoms with Gasteiger partial charge in [-0.3, -0.25) is 4.21 Å². The second kappa shape index (κ2) is 6.71. The zero-order valence-corrected chi connectivity index (χ0v) is 13.4. The minimum absolute atomic E-state index is 0.484. The van der Waals surface area contributed by atoms with Crippen molar-refractivity contribution in [1.82, 2.24) is 14.9 Å². The quantitative estimate of drug-likeness (QED) is 0.923. The molecule has 5 heteroatoms. The fourth-order valence-corrected chi connectivity index (χ4v) is 4.27. The number of para-hydroxylation sites is 2. The van der Waals surface area contributed by atoms with Gasteiger partial charge in [0.25, 0.3) is 0 Å². The number of hydrogen-bond acceptors (Lipinski definition) is 3. The summed E-state index contributed by atoms with van der Waals surface area (Å²) < 4.78 is 13.7. The number of fused-ring (bicyclic) bond motifs is 1. The van der Waals surface area contributed by atoms with E-state index in [0.717, 1.165) is 55.2 Å². The lowest BCUT2D eigenvalue weighted by Crippen LogP contribution is -2.35.